The monoisotopic (exact) mass is 194 g/mol. The summed E-state index contributed by atoms with van der Waals surface area (Å²) in [6.07, 6.45) is 7.10. The molecule has 0 saturated heterocycles. The van der Waals surface area contributed by atoms with Crippen molar-refractivity contribution >= 4 is 11.3 Å². The lowest BCUT2D eigenvalue weighted by Gasteiger charge is -2.27. The highest BCUT2D eigenvalue weighted by atomic mass is 32.1. The van der Waals surface area contributed by atoms with Gasteiger partial charge >= 0.3 is 0 Å². The molecule has 0 aromatic carbocycles. The topological polar surface area (TPSA) is 20.2 Å². The van der Waals surface area contributed by atoms with Gasteiger partial charge in [0.25, 0.3) is 0 Å². The van der Waals surface area contributed by atoms with Gasteiger partial charge in [0.15, 0.2) is 0 Å². The molecule has 2 rings (SSSR count). The Balaban J connectivity index is 2.38. The molecule has 13 heavy (non-hydrogen) atoms. The average Bonchev–Trinajstić information content (AvgIpc) is 2.53. The normalized spacial score (nSPS) is 27.8. The fraction of sp³-hybridized carbons (Fsp3) is 0.455. The molecule has 1 atom stereocenters. The number of aliphatic hydroxyl groups is 1. The molecule has 1 N–H and O–H groups in total. The number of hydrogen-bond acceptors (Lipinski definition) is 2. The van der Waals surface area contributed by atoms with E-state index in [0.717, 1.165) is 24.1 Å². The molecule has 0 aliphatic heterocycles. The molecule has 0 radical (unpaired) electrons. The molecule has 0 amide bonds. The van der Waals surface area contributed by atoms with Crippen molar-refractivity contribution in [2.75, 3.05) is 0 Å². The number of allylic oxidation sites excluding steroid dienone is 1. The van der Waals surface area contributed by atoms with E-state index in [4.69, 9.17) is 0 Å². The summed E-state index contributed by atoms with van der Waals surface area (Å²) in [6, 6.07) is 2.07. The molecule has 70 valence electrons. The van der Waals surface area contributed by atoms with Crippen LogP contribution in [0.1, 0.15) is 29.7 Å². The fourth-order valence-electron chi connectivity index (χ4n) is 1.86. The first-order valence-corrected chi connectivity index (χ1v) is 5.55. The van der Waals surface area contributed by atoms with E-state index in [0.29, 0.717) is 0 Å². The van der Waals surface area contributed by atoms with Crippen LogP contribution in [-0.4, -0.2) is 5.11 Å². The van der Waals surface area contributed by atoms with Crippen molar-refractivity contribution in [1.82, 2.24) is 0 Å². The highest BCUT2D eigenvalue weighted by Crippen LogP contribution is 2.37. The summed E-state index contributed by atoms with van der Waals surface area (Å²) >= 11 is 1.65. The molecule has 1 aromatic rings. The Bertz CT molecular complexity index is 327. The van der Waals surface area contributed by atoms with E-state index >= 15 is 0 Å². The van der Waals surface area contributed by atoms with Crippen LogP contribution < -0.4 is 0 Å². The van der Waals surface area contributed by atoms with Crippen molar-refractivity contribution in [3.8, 4) is 0 Å². The molecule has 0 spiro atoms. The minimum atomic E-state index is -0.670. The van der Waals surface area contributed by atoms with E-state index in [9.17, 15) is 5.11 Å². The van der Waals surface area contributed by atoms with Crippen LogP contribution in [0.3, 0.4) is 0 Å². The molecule has 1 aliphatic carbocycles. The van der Waals surface area contributed by atoms with Crippen LogP contribution >= 0.6 is 11.3 Å². The van der Waals surface area contributed by atoms with Crippen LogP contribution in [0, 0.1) is 6.92 Å². The highest BCUT2D eigenvalue weighted by Gasteiger charge is 2.29. The molecule has 0 bridgehead atoms. The largest absolute Gasteiger partial charge is 0.380 e. The summed E-state index contributed by atoms with van der Waals surface area (Å²) in [5.41, 5.74) is 0.537. The zero-order chi connectivity index (χ0) is 9.31. The van der Waals surface area contributed by atoms with Crippen LogP contribution in [0.15, 0.2) is 23.6 Å². The van der Waals surface area contributed by atoms with E-state index < -0.39 is 5.60 Å². The Hall–Kier alpha value is -0.600. The Labute approximate surface area is 82.7 Å². The van der Waals surface area contributed by atoms with Crippen molar-refractivity contribution in [3.63, 3.8) is 0 Å². The minimum absolute atomic E-state index is 0.670. The second-order valence-electron chi connectivity index (χ2n) is 3.65. The van der Waals surface area contributed by atoms with Gasteiger partial charge in [0.05, 0.1) is 0 Å². The SMILES string of the molecule is Cc1ccsc1C1(O)C=CCCC1. The van der Waals surface area contributed by atoms with Gasteiger partial charge in [-0.1, -0.05) is 12.2 Å². The Morgan fingerprint density at radius 1 is 1.54 bits per heavy atom. The summed E-state index contributed by atoms with van der Waals surface area (Å²) in [7, 11) is 0. The lowest BCUT2D eigenvalue weighted by Crippen LogP contribution is -2.24. The molecule has 1 unspecified atom stereocenters. The fourth-order valence-corrected chi connectivity index (χ4v) is 2.89. The predicted molar refractivity (Wildman–Crippen MR) is 55.9 cm³/mol. The molecule has 1 heterocycles. The smallest absolute Gasteiger partial charge is 0.117 e. The van der Waals surface area contributed by atoms with Gasteiger partial charge in [-0.15, -0.1) is 11.3 Å². The number of thiophene rings is 1. The zero-order valence-electron chi connectivity index (χ0n) is 7.79. The quantitative estimate of drug-likeness (QED) is 0.681. The molecule has 1 nitrogen and oxygen atoms in total. The Kier molecular flexibility index (Phi) is 2.26. The van der Waals surface area contributed by atoms with Gasteiger partial charge < -0.3 is 5.11 Å². The van der Waals surface area contributed by atoms with E-state index in [1.165, 1.54) is 5.56 Å². The van der Waals surface area contributed by atoms with Gasteiger partial charge in [-0.25, -0.2) is 0 Å². The molecule has 0 saturated carbocycles. The van der Waals surface area contributed by atoms with Crippen molar-refractivity contribution in [1.29, 1.82) is 0 Å². The molecule has 0 fully saturated rings. The number of hydrogen-bond donors (Lipinski definition) is 1. The molecule has 1 aromatic heterocycles. The molecule has 1 aliphatic rings. The maximum atomic E-state index is 10.3. The van der Waals surface area contributed by atoms with Gasteiger partial charge in [-0.05, 0) is 43.2 Å². The van der Waals surface area contributed by atoms with E-state index in [1.807, 2.05) is 11.5 Å². The highest BCUT2D eigenvalue weighted by molar-refractivity contribution is 7.10. The third-order valence-corrected chi connectivity index (χ3v) is 3.76. The van der Waals surface area contributed by atoms with Gasteiger partial charge in [0.2, 0.25) is 0 Å². The van der Waals surface area contributed by atoms with Crippen LogP contribution in [0.5, 0.6) is 0 Å². The van der Waals surface area contributed by atoms with E-state index in [-0.39, 0.29) is 0 Å². The number of aryl methyl sites for hydroxylation is 1. The second-order valence-corrected chi connectivity index (χ2v) is 4.57. The summed E-state index contributed by atoms with van der Waals surface area (Å²) in [6.45, 7) is 2.06. The summed E-state index contributed by atoms with van der Waals surface area (Å²) in [5.74, 6) is 0. The van der Waals surface area contributed by atoms with Crippen molar-refractivity contribution in [2.45, 2.75) is 31.8 Å². The van der Waals surface area contributed by atoms with E-state index in [2.05, 4.69) is 19.1 Å². The summed E-state index contributed by atoms with van der Waals surface area (Å²) < 4.78 is 0. The van der Waals surface area contributed by atoms with Crippen LogP contribution in [0.25, 0.3) is 0 Å². The predicted octanol–water partition coefficient (Wildman–Crippen LogP) is 2.98. The van der Waals surface area contributed by atoms with Crippen LogP contribution in [-0.2, 0) is 5.60 Å². The lowest BCUT2D eigenvalue weighted by molar-refractivity contribution is 0.0758. The Morgan fingerprint density at radius 3 is 2.92 bits per heavy atom. The standard InChI is InChI=1S/C11H14OS/c1-9-5-8-13-10(9)11(12)6-3-2-4-7-11/h3,5-6,8,12H,2,4,7H2,1H3. The van der Waals surface area contributed by atoms with Crippen LogP contribution in [0.2, 0.25) is 0 Å². The molecular weight excluding hydrogens is 180 g/mol. The average molecular weight is 194 g/mol. The third-order valence-electron chi connectivity index (χ3n) is 2.58. The summed E-state index contributed by atoms with van der Waals surface area (Å²) in [4.78, 5) is 1.11. The van der Waals surface area contributed by atoms with E-state index in [1.54, 1.807) is 11.3 Å². The first-order valence-electron chi connectivity index (χ1n) is 4.67. The number of rotatable bonds is 1. The third kappa shape index (κ3) is 1.56. The maximum Gasteiger partial charge on any atom is 0.117 e. The van der Waals surface area contributed by atoms with Crippen molar-refractivity contribution in [2.24, 2.45) is 0 Å². The maximum absolute atomic E-state index is 10.3. The van der Waals surface area contributed by atoms with Gasteiger partial charge in [-0.3, -0.25) is 0 Å². The molecular formula is C11H14OS. The van der Waals surface area contributed by atoms with Gasteiger partial charge in [0.1, 0.15) is 5.60 Å². The zero-order valence-corrected chi connectivity index (χ0v) is 8.60. The van der Waals surface area contributed by atoms with Crippen molar-refractivity contribution in [3.05, 3.63) is 34.0 Å². The van der Waals surface area contributed by atoms with Crippen molar-refractivity contribution < 1.29 is 5.11 Å². The minimum Gasteiger partial charge on any atom is -0.380 e. The second kappa shape index (κ2) is 3.28. The van der Waals surface area contributed by atoms with Gasteiger partial charge in [0, 0.05) is 4.88 Å². The van der Waals surface area contributed by atoms with Crippen LogP contribution in [0.4, 0.5) is 0 Å². The van der Waals surface area contributed by atoms with Gasteiger partial charge in [-0.2, -0.15) is 0 Å². The first kappa shape index (κ1) is 8.97. The lowest BCUT2D eigenvalue weighted by atomic mass is 9.88. The molecule has 2 heteroatoms. The first-order chi connectivity index (χ1) is 6.22. The Morgan fingerprint density at radius 2 is 2.38 bits per heavy atom. The summed E-state index contributed by atoms with van der Waals surface area (Å²) in [5, 5.41) is 12.4.